The van der Waals surface area contributed by atoms with Gasteiger partial charge in [0.2, 0.25) is 5.79 Å². The number of carbonyl (C=O) groups excluding carboxylic acids is 2. The van der Waals surface area contributed by atoms with Crippen LogP contribution in [0.4, 0.5) is 9.18 Å². The summed E-state index contributed by atoms with van der Waals surface area (Å²) < 4.78 is 40.4. The van der Waals surface area contributed by atoms with Crippen molar-refractivity contribution in [3.05, 3.63) is 114 Å². The smallest absolute Gasteiger partial charge is 0.410 e. The summed E-state index contributed by atoms with van der Waals surface area (Å²) in [6.45, 7) is 4.14. The molecule has 0 saturated heterocycles. The molecule has 1 fully saturated rings. The Balaban J connectivity index is 1.59. The number of aliphatic hydroxyl groups is 2. The first-order valence-corrected chi connectivity index (χ1v) is 20.4. The molecule has 6 rings (SSSR count). The molecule has 58 heavy (non-hydrogen) atoms. The van der Waals surface area contributed by atoms with Crippen molar-refractivity contribution in [3.8, 4) is 17.2 Å². The average Bonchev–Trinajstić information content (AvgIpc) is 3.23. The molecule has 0 bridgehead atoms. The van der Waals surface area contributed by atoms with Crippen molar-refractivity contribution in [1.82, 2.24) is 4.90 Å². The summed E-state index contributed by atoms with van der Waals surface area (Å²) >= 11 is 6.02. The van der Waals surface area contributed by atoms with Crippen molar-refractivity contribution in [1.29, 1.82) is 0 Å². The van der Waals surface area contributed by atoms with Crippen molar-refractivity contribution in [2.24, 2.45) is 22.9 Å². The van der Waals surface area contributed by atoms with Crippen LogP contribution in [0.2, 0.25) is 0 Å². The largest absolute Gasteiger partial charge is 0.459 e. The van der Waals surface area contributed by atoms with E-state index < -0.39 is 29.7 Å². The van der Waals surface area contributed by atoms with E-state index in [-0.39, 0.29) is 63.0 Å². The first-order valence-electron chi connectivity index (χ1n) is 19.9. The normalized spacial score (nSPS) is 23.8. The number of aldehydes is 1. The van der Waals surface area contributed by atoms with Crippen LogP contribution >= 0.6 is 11.6 Å². The van der Waals surface area contributed by atoms with Crippen LogP contribution in [0.25, 0.3) is 0 Å². The molecule has 2 N–H and O–H groups in total. The van der Waals surface area contributed by atoms with E-state index in [1.807, 2.05) is 12.1 Å². The summed E-state index contributed by atoms with van der Waals surface area (Å²) in [6.07, 6.45) is 8.47. The minimum Gasteiger partial charge on any atom is -0.459 e. The van der Waals surface area contributed by atoms with Crippen molar-refractivity contribution < 1.29 is 48.0 Å². The Morgan fingerprint density at radius 1 is 1.05 bits per heavy atom. The lowest BCUT2D eigenvalue weighted by Gasteiger charge is -2.59. The summed E-state index contributed by atoms with van der Waals surface area (Å²) in [5.41, 5.74) is 3.47. The highest BCUT2D eigenvalue weighted by molar-refractivity contribution is 6.18. The second-order valence-corrected chi connectivity index (χ2v) is 15.2. The van der Waals surface area contributed by atoms with E-state index in [0.29, 0.717) is 46.9 Å². The number of aliphatic hydroxyl groups excluding tert-OH is 2. The Bertz CT molecular complexity index is 1940. The van der Waals surface area contributed by atoms with E-state index >= 15 is 0 Å². The van der Waals surface area contributed by atoms with Crippen molar-refractivity contribution >= 4 is 29.7 Å². The Morgan fingerprint density at radius 3 is 2.52 bits per heavy atom. The number of halogens is 2. The molecule has 0 radical (unpaired) electrons. The molecule has 3 aliphatic rings. The highest BCUT2D eigenvalue weighted by Crippen LogP contribution is 2.62. The molecule has 0 unspecified atom stereocenters. The molecule has 6 atom stereocenters. The molecule has 0 spiro atoms. The SMILES string of the molecule is C=CCO[C@@]12Oc3ccc(Oc4cccc(C=O)c4)cc3[C@H]3[C@H](CCCCO)[C@@H](CCCCO)C=C(C(=NOC)C[C@@H]1N(Cc1ccc(F)cc1)C(=O)OCCCl)[C@H]32. The first-order chi connectivity index (χ1) is 28.3. The van der Waals surface area contributed by atoms with Crippen molar-refractivity contribution in [2.75, 3.05) is 39.4 Å². The number of ether oxygens (including phenoxy) is 4. The van der Waals surface area contributed by atoms with E-state index in [1.165, 1.54) is 19.2 Å². The van der Waals surface area contributed by atoms with Gasteiger partial charge in [-0.05, 0) is 91.1 Å². The van der Waals surface area contributed by atoms with Gasteiger partial charge >= 0.3 is 6.09 Å². The molecule has 3 aromatic carbocycles. The molecule has 11 nitrogen and oxygen atoms in total. The minimum atomic E-state index is -1.53. The van der Waals surface area contributed by atoms with Crippen LogP contribution < -0.4 is 9.47 Å². The molecule has 1 heterocycles. The van der Waals surface area contributed by atoms with Gasteiger partial charge in [0, 0.05) is 43.2 Å². The van der Waals surface area contributed by atoms with Crippen LogP contribution in [0.15, 0.2) is 96.2 Å². The molecule has 2 aliphatic carbocycles. The first kappa shape index (κ1) is 42.8. The number of nitrogens with zero attached hydrogens (tertiary/aromatic N) is 2. The van der Waals surface area contributed by atoms with Crippen LogP contribution in [0.1, 0.15) is 72.3 Å². The monoisotopic (exact) mass is 818 g/mol. The zero-order valence-corrected chi connectivity index (χ0v) is 33.5. The van der Waals surface area contributed by atoms with Gasteiger partial charge in [0.1, 0.15) is 49.1 Å². The third kappa shape index (κ3) is 9.41. The van der Waals surface area contributed by atoms with Gasteiger partial charge in [0.25, 0.3) is 0 Å². The molecular weight excluding hydrogens is 767 g/mol. The Hall–Kier alpha value is -4.75. The fourth-order valence-corrected chi connectivity index (χ4v) is 8.98. The van der Waals surface area contributed by atoms with E-state index in [4.69, 9.17) is 35.4 Å². The number of fused-ring (bicyclic) bond motifs is 2. The third-order valence-corrected chi connectivity index (χ3v) is 11.4. The number of carbonyl (C=O) groups is 2. The molecule has 1 aliphatic heterocycles. The lowest BCUT2D eigenvalue weighted by molar-refractivity contribution is -0.256. The fraction of sp³-hybridized carbons (Fsp3) is 0.444. The second kappa shape index (κ2) is 20.3. The number of hydrogen-bond acceptors (Lipinski definition) is 10. The summed E-state index contributed by atoms with van der Waals surface area (Å²) in [5.74, 6) is -1.15. The lowest BCUT2D eigenvalue weighted by Crippen LogP contribution is -2.70. The zero-order chi connectivity index (χ0) is 41.1. The predicted molar refractivity (Wildman–Crippen MR) is 218 cm³/mol. The van der Waals surface area contributed by atoms with Crippen LogP contribution in [0, 0.1) is 23.6 Å². The highest BCUT2D eigenvalue weighted by Gasteiger charge is 2.65. The van der Waals surface area contributed by atoms with Crippen LogP contribution in [-0.4, -0.2) is 84.5 Å². The molecule has 3 aromatic rings. The van der Waals surface area contributed by atoms with Gasteiger partial charge in [-0.3, -0.25) is 9.69 Å². The summed E-state index contributed by atoms with van der Waals surface area (Å²) in [7, 11) is 1.48. The second-order valence-electron chi connectivity index (χ2n) is 14.8. The number of hydrogen-bond donors (Lipinski definition) is 2. The number of oxime groups is 1. The number of allylic oxidation sites excluding steroid dienone is 1. The van der Waals surface area contributed by atoms with Gasteiger partial charge in [0.05, 0.1) is 24.1 Å². The topological polar surface area (TPSA) is 136 Å². The third-order valence-electron chi connectivity index (χ3n) is 11.3. The van der Waals surface area contributed by atoms with Crippen LogP contribution in [0.5, 0.6) is 17.2 Å². The summed E-state index contributed by atoms with van der Waals surface area (Å²) in [5, 5.41) is 24.3. The fourth-order valence-electron chi connectivity index (χ4n) is 8.91. The maximum Gasteiger partial charge on any atom is 0.410 e. The van der Waals surface area contributed by atoms with Gasteiger partial charge in [-0.2, -0.15) is 0 Å². The Kier molecular flexibility index (Phi) is 15.0. The standard InChI is InChI=1S/C45H52ClFN2O9/c1-3-22-56-45-41(49(44(53)55-23-19-46)28-30-13-15-33(47)16-14-30)27-39(48-54-2)37-25-32(10-4-6-20-50)36(12-5-7-21-51)42(43(37)45)38-26-35(17-18-40(38)58-45)57-34-11-8-9-31(24-34)29-52/h3,8-9,11,13-18,24-26,29,32,36,41-43,50-51H,1,4-7,10,12,19-23,27-28H2,2H3/t32-,36+,41-,42+,43+,45+/m0/s1. The van der Waals surface area contributed by atoms with Crippen LogP contribution in [-0.2, 0) is 20.9 Å². The number of unbranched alkanes of at least 4 members (excludes halogenated alkanes) is 2. The predicted octanol–water partition coefficient (Wildman–Crippen LogP) is 8.57. The van der Waals surface area contributed by atoms with E-state index in [9.17, 15) is 24.2 Å². The van der Waals surface area contributed by atoms with Gasteiger partial charge in [0.15, 0.2) is 0 Å². The van der Waals surface area contributed by atoms with Crippen LogP contribution in [0.3, 0.4) is 0 Å². The quantitative estimate of drug-likeness (QED) is 0.0378. The molecule has 310 valence electrons. The average molecular weight is 819 g/mol. The zero-order valence-electron chi connectivity index (χ0n) is 32.8. The molecule has 1 amide bonds. The Labute approximate surface area is 344 Å². The number of amides is 1. The number of benzene rings is 3. The van der Waals surface area contributed by atoms with E-state index in [2.05, 4.69) is 17.8 Å². The number of alkyl halides is 1. The van der Waals surface area contributed by atoms with E-state index in [0.717, 1.165) is 43.1 Å². The molecule has 13 heteroatoms. The molecule has 1 saturated carbocycles. The minimum absolute atomic E-state index is 0.0155. The van der Waals surface area contributed by atoms with Gasteiger partial charge in [-0.1, -0.05) is 54.4 Å². The molecular formula is C45H52ClFN2O9. The van der Waals surface area contributed by atoms with Gasteiger partial charge < -0.3 is 34.0 Å². The summed E-state index contributed by atoms with van der Waals surface area (Å²) in [6, 6.07) is 17.6. The maximum absolute atomic E-state index is 14.3. The highest BCUT2D eigenvalue weighted by atomic mass is 35.5. The van der Waals surface area contributed by atoms with Gasteiger partial charge in [-0.25, -0.2) is 9.18 Å². The van der Waals surface area contributed by atoms with Gasteiger partial charge in [-0.15, -0.1) is 18.2 Å². The number of rotatable bonds is 20. The maximum atomic E-state index is 14.3. The lowest BCUT2D eigenvalue weighted by atomic mass is 9.55. The van der Waals surface area contributed by atoms with Crippen molar-refractivity contribution in [3.63, 3.8) is 0 Å². The Morgan fingerprint density at radius 2 is 1.81 bits per heavy atom. The van der Waals surface area contributed by atoms with Crippen molar-refractivity contribution in [2.45, 2.75) is 69.2 Å². The van der Waals surface area contributed by atoms with E-state index in [1.54, 1.807) is 53.4 Å². The molecule has 0 aromatic heterocycles. The summed E-state index contributed by atoms with van der Waals surface area (Å²) in [4.78, 5) is 33.0.